The van der Waals surface area contributed by atoms with Gasteiger partial charge < -0.3 is 4.98 Å². The minimum absolute atomic E-state index is 0.0554. The molecular weight excluding hydrogens is 224 g/mol. The van der Waals surface area contributed by atoms with Crippen LogP contribution in [-0.2, 0) is 0 Å². The van der Waals surface area contributed by atoms with Crippen LogP contribution in [0.4, 0.5) is 0 Å². The van der Waals surface area contributed by atoms with Gasteiger partial charge in [0.15, 0.2) is 0 Å². The van der Waals surface area contributed by atoms with Crippen molar-refractivity contribution < 1.29 is 0 Å². The number of aromatic nitrogens is 2. The summed E-state index contributed by atoms with van der Waals surface area (Å²) in [4.78, 5) is 19.1. The lowest BCUT2D eigenvalue weighted by Gasteiger charge is -2.06. The summed E-state index contributed by atoms with van der Waals surface area (Å²) >= 11 is 0. The first-order valence-corrected chi connectivity index (χ1v) is 6.32. The van der Waals surface area contributed by atoms with Crippen LogP contribution in [0.2, 0.25) is 0 Å². The zero-order valence-corrected chi connectivity index (χ0v) is 10.7. The molecule has 1 aromatic heterocycles. The van der Waals surface area contributed by atoms with E-state index in [0.29, 0.717) is 11.7 Å². The molecule has 1 fully saturated rings. The molecule has 0 spiro atoms. The Kier molecular flexibility index (Phi) is 2.54. The number of benzene rings is 1. The van der Waals surface area contributed by atoms with Crippen LogP contribution >= 0.6 is 0 Å². The maximum absolute atomic E-state index is 11.7. The number of hydrogen-bond donors (Lipinski definition) is 1. The molecule has 2 aromatic rings. The van der Waals surface area contributed by atoms with Gasteiger partial charge in [0.1, 0.15) is 5.82 Å². The number of nitrogens with one attached hydrogen (secondary N) is 1. The summed E-state index contributed by atoms with van der Waals surface area (Å²) in [6, 6.07) is 7.78. The van der Waals surface area contributed by atoms with Crippen LogP contribution in [0, 0.1) is 13.8 Å². The normalized spacial score (nSPS) is 14.8. The molecule has 1 aromatic carbocycles. The number of H-pyrrole nitrogens is 1. The molecule has 0 amide bonds. The summed E-state index contributed by atoms with van der Waals surface area (Å²) in [6.07, 6.45) is 2.31. The Morgan fingerprint density at radius 1 is 1.17 bits per heavy atom. The second-order valence-electron chi connectivity index (χ2n) is 5.09. The Morgan fingerprint density at radius 3 is 2.61 bits per heavy atom. The van der Waals surface area contributed by atoms with E-state index in [-0.39, 0.29) is 5.56 Å². The monoisotopic (exact) mass is 240 g/mol. The molecule has 3 heteroatoms. The molecule has 3 nitrogen and oxygen atoms in total. The van der Waals surface area contributed by atoms with Gasteiger partial charge in [-0.1, -0.05) is 12.1 Å². The average Bonchev–Trinajstić information content (AvgIpc) is 3.16. The highest BCUT2D eigenvalue weighted by Gasteiger charge is 2.25. The lowest BCUT2D eigenvalue weighted by Crippen LogP contribution is -2.10. The van der Waals surface area contributed by atoms with Crippen molar-refractivity contribution in [1.29, 1.82) is 0 Å². The summed E-state index contributed by atoms with van der Waals surface area (Å²) in [7, 11) is 0. The Labute approximate surface area is 106 Å². The number of hydrogen-bond acceptors (Lipinski definition) is 2. The Morgan fingerprint density at radius 2 is 1.94 bits per heavy atom. The van der Waals surface area contributed by atoms with Gasteiger partial charge in [0.05, 0.1) is 5.69 Å². The summed E-state index contributed by atoms with van der Waals surface area (Å²) in [5, 5.41) is 0. The Hall–Kier alpha value is -1.90. The lowest BCUT2D eigenvalue weighted by molar-refractivity contribution is 0.976. The van der Waals surface area contributed by atoms with E-state index in [4.69, 9.17) is 0 Å². The maximum atomic E-state index is 11.7. The maximum Gasteiger partial charge on any atom is 0.251 e. The van der Waals surface area contributed by atoms with E-state index in [1.54, 1.807) is 6.07 Å². The first kappa shape index (κ1) is 11.2. The molecule has 1 saturated carbocycles. The van der Waals surface area contributed by atoms with Crippen LogP contribution in [0.15, 0.2) is 29.1 Å². The minimum atomic E-state index is -0.0554. The van der Waals surface area contributed by atoms with Crippen molar-refractivity contribution in [2.45, 2.75) is 32.6 Å². The van der Waals surface area contributed by atoms with Crippen LogP contribution in [0.3, 0.4) is 0 Å². The summed E-state index contributed by atoms with van der Waals surface area (Å²) in [5.74, 6) is 1.19. The van der Waals surface area contributed by atoms with Crippen LogP contribution in [0.5, 0.6) is 0 Å². The Bertz CT molecular complexity index is 654. The molecule has 1 heterocycles. The quantitative estimate of drug-likeness (QED) is 0.877. The van der Waals surface area contributed by atoms with Gasteiger partial charge in [-0.3, -0.25) is 4.79 Å². The average molecular weight is 240 g/mol. The van der Waals surface area contributed by atoms with Gasteiger partial charge in [0.25, 0.3) is 5.56 Å². The van der Waals surface area contributed by atoms with E-state index in [0.717, 1.165) is 24.1 Å². The van der Waals surface area contributed by atoms with Crippen molar-refractivity contribution in [2.75, 3.05) is 0 Å². The minimum Gasteiger partial charge on any atom is -0.307 e. The van der Waals surface area contributed by atoms with E-state index in [1.807, 2.05) is 6.07 Å². The number of aromatic amines is 1. The molecule has 0 bridgehead atoms. The SMILES string of the molecule is Cc1ccc(-c2nc(C3CC3)cc(=O)[nH]2)cc1C. The topological polar surface area (TPSA) is 45.8 Å². The van der Waals surface area contributed by atoms with Crippen molar-refractivity contribution in [1.82, 2.24) is 9.97 Å². The van der Waals surface area contributed by atoms with Gasteiger partial charge >= 0.3 is 0 Å². The van der Waals surface area contributed by atoms with E-state index >= 15 is 0 Å². The third kappa shape index (κ3) is 2.08. The molecule has 0 aliphatic heterocycles. The highest BCUT2D eigenvalue weighted by molar-refractivity contribution is 5.57. The van der Waals surface area contributed by atoms with Crippen molar-refractivity contribution in [3.63, 3.8) is 0 Å². The number of aryl methyl sites for hydroxylation is 2. The molecule has 0 saturated heterocycles. The molecule has 0 unspecified atom stereocenters. The van der Waals surface area contributed by atoms with Gasteiger partial charge in [-0.15, -0.1) is 0 Å². The first-order chi connectivity index (χ1) is 8.63. The van der Waals surface area contributed by atoms with Gasteiger partial charge in [-0.25, -0.2) is 4.98 Å². The van der Waals surface area contributed by atoms with Gasteiger partial charge in [-0.05, 0) is 43.9 Å². The molecule has 0 atom stereocenters. The smallest absolute Gasteiger partial charge is 0.251 e. The molecule has 0 radical (unpaired) electrons. The molecule has 18 heavy (non-hydrogen) atoms. The molecular formula is C15H16N2O. The second-order valence-corrected chi connectivity index (χ2v) is 5.09. The lowest BCUT2D eigenvalue weighted by atomic mass is 10.1. The van der Waals surface area contributed by atoms with Gasteiger partial charge in [0.2, 0.25) is 0 Å². The second kappa shape index (κ2) is 4.09. The fourth-order valence-corrected chi connectivity index (χ4v) is 2.09. The van der Waals surface area contributed by atoms with Crippen LogP contribution in [0.1, 0.15) is 35.6 Å². The number of nitrogens with zero attached hydrogens (tertiary/aromatic N) is 1. The van der Waals surface area contributed by atoms with Crippen LogP contribution in [-0.4, -0.2) is 9.97 Å². The van der Waals surface area contributed by atoms with Gasteiger partial charge in [-0.2, -0.15) is 0 Å². The van der Waals surface area contributed by atoms with E-state index in [1.165, 1.54) is 11.1 Å². The van der Waals surface area contributed by atoms with Crippen LogP contribution in [0.25, 0.3) is 11.4 Å². The van der Waals surface area contributed by atoms with E-state index < -0.39 is 0 Å². The number of rotatable bonds is 2. The third-order valence-corrected chi connectivity index (χ3v) is 3.54. The molecule has 1 aliphatic rings. The summed E-state index contributed by atoms with van der Waals surface area (Å²) < 4.78 is 0. The molecule has 1 N–H and O–H groups in total. The predicted octanol–water partition coefficient (Wildman–Crippen LogP) is 2.93. The standard InChI is InChI=1S/C15H16N2O/c1-9-3-4-12(7-10(9)2)15-16-13(11-5-6-11)8-14(18)17-15/h3-4,7-8,11H,5-6H2,1-2H3,(H,16,17,18). The fourth-order valence-electron chi connectivity index (χ4n) is 2.09. The predicted molar refractivity (Wildman–Crippen MR) is 71.7 cm³/mol. The fraction of sp³-hybridized carbons (Fsp3) is 0.333. The molecule has 1 aliphatic carbocycles. The van der Waals surface area contributed by atoms with E-state index in [9.17, 15) is 4.79 Å². The molecule has 3 rings (SSSR count). The van der Waals surface area contributed by atoms with Crippen LogP contribution < -0.4 is 5.56 Å². The Balaban J connectivity index is 2.09. The zero-order valence-electron chi connectivity index (χ0n) is 10.7. The highest BCUT2D eigenvalue weighted by Crippen LogP contribution is 2.38. The van der Waals surface area contributed by atoms with Crippen molar-refractivity contribution in [3.05, 3.63) is 51.4 Å². The zero-order chi connectivity index (χ0) is 12.7. The van der Waals surface area contributed by atoms with E-state index in [2.05, 4.69) is 35.9 Å². The highest BCUT2D eigenvalue weighted by atomic mass is 16.1. The summed E-state index contributed by atoms with van der Waals surface area (Å²) in [6.45, 7) is 4.15. The first-order valence-electron chi connectivity index (χ1n) is 6.32. The summed E-state index contributed by atoms with van der Waals surface area (Å²) in [5.41, 5.74) is 4.33. The largest absolute Gasteiger partial charge is 0.307 e. The van der Waals surface area contributed by atoms with Crippen molar-refractivity contribution in [2.24, 2.45) is 0 Å². The van der Waals surface area contributed by atoms with Gasteiger partial charge in [0, 0.05) is 17.5 Å². The van der Waals surface area contributed by atoms with Crippen molar-refractivity contribution >= 4 is 0 Å². The molecule has 92 valence electrons. The third-order valence-electron chi connectivity index (χ3n) is 3.54. The van der Waals surface area contributed by atoms with Crippen molar-refractivity contribution in [3.8, 4) is 11.4 Å².